The fraction of sp³-hybridized carbons (Fsp3) is 0.211. The second kappa shape index (κ2) is 7.77. The lowest BCUT2D eigenvalue weighted by Gasteiger charge is -2.14. The van der Waals surface area contributed by atoms with E-state index < -0.39 is 18.2 Å². The number of carbonyl (C=O) groups excluding carboxylic acids is 2. The Morgan fingerprint density at radius 2 is 2.07 bits per heavy atom. The van der Waals surface area contributed by atoms with Gasteiger partial charge in [-0.15, -0.1) is 0 Å². The van der Waals surface area contributed by atoms with Gasteiger partial charge in [0.05, 0.1) is 13.7 Å². The minimum atomic E-state index is -0.510. The zero-order chi connectivity index (χ0) is 19.4. The van der Waals surface area contributed by atoms with Crippen LogP contribution >= 0.6 is 0 Å². The predicted octanol–water partition coefficient (Wildman–Crippen LogP) is 2.16. The summed E-state index contributed by atoms with van der Waals surface area (Å²) in [4.78, 5) is 25.4. The number of nitrogens with one attached hydrogen (secondary N) is 1. The van der Waals surface area contributed by atoms with Crippen LogP contribution in [0.3, 0.4) is 0 Å². The maximum absolute atomic E-state index is 12.2. The number of nitrogens with two attached hydrogens (primary N) is 1. The van der Waals surface area contributed by atoms with E-state index in [-0.39, 0.29) is 19.0 Å². The molecule has 0 bridgehead atoms. The van der Waals surface area contributed by atoms with E-state index in [0.717, 1.165) is 0 Å². The molecule has 1 unspecified atom stereocenters. The summed E-state index contributed by atoms with van der Waals surface area (Å²) >= 11 is 0. The first kappa shape index (κ1) is 18.2. The summed E-state index contributed by atoms with van der Waals surface area (Å²) in [5.74, 6) is -0.224. The molecule has 1 fully saturated rings. The summed E-state index contributed by atoms with van der Waals surface area (Å²) in [5.41, 5.74) is 6.91. The zero-order valence-corrected chi connectivity index (χ0v) is 14.7. The Bertz CT molecular complexity index is 883. The molecule has 0 saturated carbocycles. The Morgan fingerprint density at radius 1 is 1.30 bits per heavy atom. The van der Waals surface area contributed by atoms with Gasteiger partial charge in [0.15, 0.2) is 6.10 Å². The number of benzene rings is 2. The number of rotatable bonds is 6. The first-order valence-electron chi connectivity index (χ1n) is 8.22. The van der Waals surface area contributed by atoms with Crippen molar-refractivity contribution in [3.63, 3.8) is 0 Å². The average molecular weight is 369 g/mol. The van der Waals surface area contributed by atoms with Gasteiger partial charge in [-0.05, 0) is 24.3 Å². The van der Waals surface area contributed by atoms with E-state index in [1.165, 1.54) is 12.0 Å². The molecule has 0 aliphatic carbocycles. The number of cyclic esters (lactones) is 1. The highest BCUT2D eigenvalue weighted by Gasteiger charge is 2.33. The highest BCUT2D eigenvalue weighted by molar-refractivity contribution is 5.97. The Labute approximate surface area is 155 Å². The fourth-order valence-electron chi connectivity index (χ4n) is 2.71. The Hall–Kier alpha value is -3.55. The van der Waals surface area contributed by atoms with E-state index in [0.29, 0.717) is 22.6 Å². The summed E-state index contributed by atoms with van der Waals surface area (Å²) in [6, 6.07) is 13.5. The molecular formula is C19H19N3O5. The van der Waals surface area contributed by atoms with Crippen LogP contribution in [-0.2, 0) is 9.47 Å². The number of amides is 1. The Kier molecular flexibility index (Phi) is 5.25. The number of anilines is 1. The first-order valence-corrected chi connectivity index (χ1v) is 8.22. The molecule has 1 saturated heterocycles. The lowest BCUT2D eigenvalue weighted by atomic mass is 10.1. The van der Waals surface area contributed by atoms with Crippen LogP contribution in [0, 0.1) is 5.41 Å². The van der Waals surface area contributed by atoms with Crippen molar-refractivity contribution in [2.24, 2.45) is 5.73 Å². The molecule has 1 aliphatic heterocycles. The van der Waals surface area contributed by atoms with Gasteiger partial charge in [0.25, 0.3) is 0 Å². The van der Waals surface area contributed by atoms with Gasteiger partial charge >= 0.3 is 12.1 Å². The third-order valence-electron chi connectivity index (χ3n) is 4.06. The minimum absolute atomic E-state index is 0.0799. The molecule has 8 heteroatoms. The molecule has 1 atom stereocenters. The third kappa shape index (κ3) is 4.00. The SMILES string of the molecule is COC(=O)c1ccccc1OCC1CN(c2cccc(C(=N)N)c2)C(=O)O1. The van der Waals surface area contributed by atoms with E-state index in [1.54, 1.807) is 48.5 Å². The number of ether oxygens (including phenoxy) is 3. The molecule has 27 heavy (non-hydrogen) atoms. The van der Waals surface area contributed by atoms with E-state index >= 15 is 0 Å². The topological polar surface area (TPSA) is 115 Å². The maximum atomic E-state index is 12.2. The molecule has 1 amide bonds. The van der Waals surface area contributed by atoms with Crippen molar-refractivity contribution in [2.75, 3.05) is 25.2 Å². The smallest absolute Gasteiger partial charge is 0.414 e. The summed E-state index contributed by atoms with van der Waals surface area (Å²) in [7, 11) is 1.30. The van der Waals surface area contributed by atoms with Crippen LogP contribution < -0.4 is 15.4 Å². The average Bonchev–Trinajstić information content (AvgIpc) is 3.06. The number of hydrogen-bond donors (Lipinski definition) is 2. The van der Waals surface area contributed by atoms with Crippen LogP contribution in [-0.4, -0.2) is 44.3 Å². The van der Waals surface area contributed by atoms with Crippen molar-refractivity contribution in [3.8, 4) is 5.75 Å². The molecule has 2 aromatic rings. The molecule has 1 heterocycles. The quantitative estimate of drug-likeness (QED) is 0.458. The molecule has 1 aliphatic rings. The van der Waals surface area contributed by atoms with E-state index in [9.17, 15) is 9.59 Å². The van der Waals surface area contributed by atoms with Crippen molar-refractivity contribution in [3.05, 3.63) is 59.7 Å². The Morgan fingerprint density at radius 3 is 2.81 bits per heavy atom. The molecule has 2 aromatic carbocycles. The van der Waals surface area contributed by atoms with Gasteiger partial charge in [-0.25, -0.2) is 9.59 Å². The molecule has 0 spiro atoms. The van der Waals surface area contributed by atoms with Crippen LogP contribution in [0.4, 0.5) is 10.5 Å². The van der Waals surface area contributed by atoms with Crippen molar-refractivity contribution in [2.45, 2.75) is 6.10 Å². The monoisotopic (exact) mass is 369 g/mol. The third-order valence-corrected chi connectivity index (χ3v) is 4.06. The zero-order valence-electron chi connectivity index (χ0n) is 14.7. The molecule has 3 rings (SSSR count). The van der Waals surface area contributed by atoms with E-state index in [1.807, 2.05) is 0 Å². The number of hydrogen-bond acceptors (Lipinski definition) is 6. The number of methoxy groups -OCH3 is 1. The molecule has 0 aromatic heterocycles. The van der Waals surface area contributed by atoms with Crippen molar-refractivity contribution in [1.82, 2.24) is 0 Å². The van der Waals surface area contributed by atoms with Gasteiger partial charge in [-0.2, -0.15) is 0 Å². The largest absolute Gasteiger partial charge is 0.489 e. The highest BCUT2D eigenvalue weighted by Crippen LogP contribution is 2.24. The van der Waals surface area contributed by atoms with Gasteiger partial charge in [0, 0.05) is 11.3 Å². The lowest BCUT2D eigenvalue weighted by Crippen LogP contribution is -2.27. The summed E-state index contributed by atoms with van der Waals surface area (Å²) in [5, 5.41) is 7.51. The predicted molar refractivity (Wildman–Crippen MR) is 98.3 cm³/mol. The second-order valence-corrected chi connectivity index (χ2v) is 5.88. The number of amidine groups is 1. The Balaban J connectivity index is 1.68. The van der Waals surface area contributed by atoms with Crippen LogP contribution in [0.5, 0.6) is 5.75 Å². The van der Waals surface area contributed by atoms with Crippen LogP contribution in [0.15, 0.2) is 48.5 Å². The number of para-hydroxylation sites is 1. The van der Waals surface area contributed by atoms with E-state index in [4.69, 9.17) is 25.4 Å². The number of nitrogens with zero attached hydrogens (tertiary/aromatic N) is 1. The van der Waals surface area contributed by atoms with Gasteiger partial charge in [0.1, 0.15) is 23.8 Å². The highest BCUT2D eigenvalue weighted by atomic mass is 16.6. The number of esters is 1. The van der Waals surface area contributed by atoms with Crippen molar-refractivity contribution in [1.29, 1.82) is 5.41 Å². The molecule has 0 radical (unpaired) electrons. The van der Waals surface area contributed by atoms with Gasteiger partial charge < -0.3 is 19.9 Å². The summed E-state index contributed by atoms with van der Waals surface area (Å²) < 4.78 is 15.7. The summed E-state index contributed by atoms with van der Waals surface area (Å²) in [6.45, 7) is 0.364. The van der Waals surface area contributed by atoms with Crippen LogP contribution in [0.2, 0.25) is 0 Å². The maximum Gasteiger partial charge on any atom is 0.414 e. The standard InChI is InChI=1S/C19H19N3O5/c1-25-18(23)15-7-2-3-8-16(15)26-11-14-10-22(19(24)27-14)13-6-4-5-12(9-13)17(20)21/h2-9,14H,10-11H2,1H3,(H3,20,21). The number of nitrogen functional groups attached to an aromatic ring is 1. The van der Waals surface area contributed by atoms with Crippen LogP contribution in [0.1, 0.15) is 15.9 Å². The molecular weight excluding hydrogens is 350 g/mol. The summed E-state index contributed by atoms with van der Waals surface area (Å²) in [6.07, 6.45) is -1.02. The normalized spacial score (nSPS) is 16.0. The van der Waals surface area contributed by atoms with Crippen molar-refractivity contribution < 1.29 is 23.8 Å². The molecule has 3 N–H and O–H groups in total. The fourth-order valence-corrected chi connectivity index (χ4v) is 2.71. The van der Waals surface area contributed by atoms with Crippen LogP contribution in [0.25, 0.3) is 0 Å². The minimum Gasteiger partial charge on any atom is -0.489 e. The molecule has 140 valence electrons. The van der Waals surface area contributed by atoms with Gasteiger partial charge in [-0.3, -0.25) is 10.3 Å². The first-order chi connectivity index (χ1) is 13.0. The van der Waals surface area contributed by atoms with Gasteiger partial charge in [0.2, 0.25) is 0 Å². The number of carbonyl (C=O) groups is 2. The second-order valence-electron chi connectivity index (χ2n) is 5.88. The van der Waals surface area contributed by atoms with Gasteiger partial charge in [-0.1, -0.05) is 24.3 Å². The lowest BCUT2D eigenvalue weighted by molar-refractivity contribution is 0.0590. The van der Waals surface area contributed by atoms with Crippen molar-refractivity contribution >= 4 is 23.6 Å². The van der Waals surface area contributed by atoms with E-state index in [2.05, 4.69) is 0 Å². The molecule has 8 nitrogen and oxygen atoms in total.